The molecule has 6 nitrogen and oxygen atoms in total. The summed E-state index contributed by atoms with van der Waals surface area (Å²) in [6.07, 6.45) is 3.41. The van der Waals surface area contributed by atoms with Crippen molar-refractivity contribution < 1.29 is 4.74 Å². The molecule has 3 heterocycles. The first kappa shape index (κ1) is 14.2. The second-order valence-corrected chi connectivity index (χ2v) is 5.52. The van der Waals surface area contributed by atoms with Gasteiger partial charge in [-0.25, -0.2) is 0 Å². The molecule has 0 aliphatic carbocycles. The van der Waals surface area contributed by atoms with E-state index in [0.29, 0.717) is 5.88 Å². The molecule has 2 N–H and O–H groups in total. The van der Waals surface area contributed by atoms with Crippen LogP contribution in [0.4, 0.5) is 0 Å². The molecular formula is C18H13N5O. The van der Waals surface area contributed by atoms with E-state index in [9.17, 15) is 5.26 Å². The van der Waals surface area contributed by atoms with Gasteiger partial charge in [0.05, 0.1) is 17.3 Å². The number of hydrogen-bond donors (Lipinski definition) is 2. The molecule has 1 aromatic carbocycles. The number of nitrogens with zero attached hydrogens (tertiary/aromatic N) is 3. The van der Waals surface area contributed by atoms with Crippen molar-refractivity contribution in [1.82, 2.24) is 15.2 Å². The van der Waals surface area contributed by atoms with Crippen LogP contribution in [0.3, 0.4) is 0 Å². The van der Waals surface area contributed by atoms with Crippen LogP contribution in [0.15, 0.2) is 54.9 Å². The maximum absolute atomic E-state index is 9.60. The van der Waals surface area contributed by atoms with Gasteiger partial charge in [-0.1, -0.05) is 36.4 Å². The summed E-state index contributed by atoms with van der Waals surface area (Å²) >= 11 is 0. The largest absolute Gasteiger partial charge is 0.422 e. The smallest absolute Gasteiger partial charge is 0.244 e. The Morgan fingerprint density at radius 1 is 1.17 bits per heavy atom. The summed E-state index contributed by atoms with van der Waals surface area (Å²) in [5.41, 5.74) is 3.40. The Morgan fingerprint density at radius 2 is 2.00 bits per heavy atom. The number of nitriles is 1. The number of fused-ring (bicyclic) bond motifs is 1. The molecule has 0 radical (unpaired) electrons. The van der Waals surface area contributed by atoms with Crippen molar-refractivity contribution in [1.29, 1.82) is 10.7 Å². The highest BCUT2D eigenvalue weighted by molar-refractivity contribution is 5.86. The quantitative estimate of drug-likeness (QED) is 0.759. The van der Waals surface area contributed by atoms with E-state index in [4.69, 9.17) is 10.1 Å². The second kappa shape index (κ2) is 5.63. The van der Waals surface area contributed by atoms with Crippen LogP contribution in [0, 0.1) is 22.7 Å². The number of nitrogens with one attached hydrogen (secondary N) is 2. The lowest BCUT2D eigenvalue weighted by molar-refractivity contribution is 0.437. The fourth-order valence-electron chi connectivity index (χ4n) is 3.06. The van der Waals surface area contributed by atoms with E-state index >= 15 is 0 Å². The van der Waals surface area contributed by atoms with E-state index in [0.717, 1.165) is 22.4 Å². The van der Waals surface area contributed by atoms with E-state index < -0.39 is 5.92 Å². The van der Waals surface area contributed by atoms with E-state index in [1.165, 1.54) is 0 Å². The van der Waals surface area contributed by atoms with Crippen molar-refractivity contribution in [3.05, 3.63) is 66.0 Å². The van der Waals surface area contributed by atoms with Gasteiger partial charge in [-0.2, -0.15) is 5.26 Å². The molecule has 4 rings (SSSR count). The van der Waals surface area contributed by atoms with Gasteiger partial charge in [0, 0.05) is 18.3 Å². The van der Waals surface area contributed by atoms with Crippen LogP contribution in [0.25, 0.3) is 11.3 Å². The van der Waals surface area contributed by atoms with Crippen molar-refractivity contribution in [2.24, 2.45) is 5.92 Å². The summed E-state index contributed by atoms with van der Waals surface area (Å²) in [5.74, 6) is -0.820. The van der Waals surface area contributed by atoms with Gasteiger partial charge in [0.1, 0.15) is 5.92 Å². The summed E-state index contributed by atoms with van der Waals surface area (Å²) in [7, 11) is 0. The molecule has 0 saturated carbocycles. The number of benzene rings is 1. The maximum Gasteiger partial charge on any atom is 0.244 e. The molecular weight excluding hydrogens is 302 g/mol. The van der Waals surface area contributed by atoms with Crippen LogP contribution in [0.2, 0.25) is 0 Å². The number of rotatable bonds is 2. The first-order valence-corrected chi connectivity index (χ1v) is 7.49. The highest BCUT2D eigenvalue weighted by atomic mass is 16.5. The molecule has 24 heavy (non-hydrogen) atoms. The lowest BCUT2D eigenvalue weighted by Gasteiger charge is -2.27. The molecule has 0 fully saturated rings. The first-order valence-electron chi connectivity index (χ1n) is 7.49. The van der Waals surface area contributed by atoms with Crippen LogP contribution in [-0.2, 0) is 0 Å². The van der Waals surface area contributed by atoms with Crippen molar-refractivity contribution in [2.45, 2.75) is 5.92 Å². The van der Waals surface area contributed by atoms with E-state index in [1.54, 1.807) is 12.4 Å². The van der Waals surface area contributed by atoms with Crippen LogP contribution in [0.5, 0.6) is 5.88 Å². The van der Waals surface area contributed by atoms with Crippen molar-refractivity contribution >= 4 is 5.90 Å². The second-order valence-electron chi connectivity index (χ2n) is 5.52. The molecule has 6 heteroatoms. The third-order valence-electron chi connectivity index (χ3n) is 4.15. The number of hydrogen-bond acceptors (Lipinski definition) is 5. The van der Waals surface area contributed by atoms with Crippen LogP contribution in [0.1, 0.15) is 17.0 Å². The minimum Gasteiger partial charge on any atom is -0.422 e. The minimum atomic E-state index is -0.721. The van der Waals surface area contributed by atoms with E-state index in [1.807, 2.05) is 42.5 Å². The number of aromatic nitrogens is 3. The standard InChI is InChI=1S/C18H13N5O/c19-9-13-14(12-7-4-8-21-10-12)15-16(11-5-2-1-3-6-11)22-23-18(15)24-17(13)20/h1-8,10,13-14,20H,(H,22,23). The van der Waals surface area contributed by atoms with Crippen molar-refractivity contribution in [3.63, 3.8) is 0 Å². The van der Waals surface area contributed by atoms with Crippen LogP contribution in [-0.4, -0.2) is 21.1 Å². The highest BCUT2D eigenvalue weighted by Crippen LogP contribution is 2.45. The Bertz CT molecular complexity index is 927. The lowest BCUT2D eigenvalue weighted by atomic mass is 9.79. The lowest BCUT2D eigenvalue weighted by Crippen LogP contribution is -2.30. The Morgan fingerprint density at radius 3 is 2.71 bits per heavy atom. The highest BCUT2D eigenvalue weighted by Gasteiger charge is 2.40. The van der Waals surface area contributed by atoms with Gasteiger partial charge in [-0.3, -0.25) is 15.5 Å². The Kier molecular flexibility index (Phi) is 3.32. The summed E-state index contributed by atoms with van der Waals surface area (Å²) < 4.78 is 5.49. The van der Waals surface area contributed by atoms with Crippen molar-refractivity contribution in [2.75, 3.05) is 0 Å². The zero-order valence-electron chi connectivity index (χ0n) is 12.6. The van der Waals surface area contributed by atoms with Gasteiger partial charge in [-0.05, 0) is 17.2 Å². The fraction of sp³-hybridized carbons (Fsp3) is 0.111. The molecule has 0 saturated heterocycles. The van der Waals surface area contributed by atoms with Gasteiger partial charge in [-0.15, -0.1) is 5.10 Å². The fourth-order valence-corrected chi connectivity index (χ4v) is 3.06. The molecule has 3 aromatic rings. The average molecular weight is 315 g/mol. The average Bonchev–Trinajstić information content (AvgIpc) is 3.05. The first-order chi connectivity index (χ1) is 11.8. The van der Waals surface area contributed by atoms with E-state index in [2.05, 4.69) is 21.3 Å². The summed E-state index contributed by atoms with van der Waals surface area (Å²) in [5, 5.41) is 24.9. The van der Waals surface area contributed by atoms with E-state index in [-0.39, 0.29) is 11.8 Å². The third-order valence-corrected chi connectivity index (χ3v) is 4.15. The molecule has 1 aliphatic heterocycles. The predicted octanol–water partition coefficient (Wildman–Crippen LogP) is 3.11. The maximum atomic E-state index is 9.60. The molecule has 0 spiro atoms. The number of H-pyrrole nitrogens is 1. The zero-order valence-corrected chi connectivity index (χ0v) is 12.6. The van der Waals surface area contributed by atoms with Gasteiger partial charge in [0.25, 0.3) is 0 Å². The van der Waals surface area contributed by atoms with Gasteiger partial charge in [0.15, 0.2) is 0 Å². The van der Waals surface area contributed by atoms with Crippen LogP contribution >= 0.6 is 0 Å². The summed E-state index contributed by atoms with van der Waals surface area (Å²) in [6, 6.07) is 15.7. The Balaban J connectivity index is 1.95. The Hall–Kier alpha value is -3.46. The molecule has 2 aromatic heterocycles. The number of aromatic amines is 1. The Labute approximate surface area is 138 Å². The predicted molar refractivity (Wildman–Crippen MR) is 87.6 cm³/mol. The van der Waals surface area contributed by atoms with Crippen LogP contribution < -0.4 is 4.74 Å². The normalized spacial score (nSPS) is 19.2. The zero-order chi connectivity index (χ0) is 16.5. The number of pyridine rings is 1. The molecule has 2 atom stereocenters. The molecule has 116 valence electrons. The summed E-state index contributed by atoms with van der Waals surface area (Å²) in [6.45, 7) is 0. The minimum absolute atomic E-state index is 0.0926. The third kappa shape index (κ3) is 2.15. The van der Waals surface area contributed by atoms with Gasteiger partial charge >= 0.3 is 0 Å². The monoisotopic (exact) mass is 315 g/mol. The molecule has 0 bridgehead atoms. The topological polar surface area (TPSA) is 98.4 Å². The van der Waals surface area contributed by atoms with Gasteiger partial charge < -0.3 is 4.74 Å². The molecule has 0 amide bonds. The number of ether oxygens (including phenoxy) is 1. The summed E-state index contributed by atoms with van der Waals surface area (Å²) in [4.78, 5) is 4.16. The molecule has 1 aliphatic rings. The molecule has 2 unspecified atom stereocenters. The van der Waals surface area contributed by atoms with Gasteiger partial charge in [0.2, 0.25) is 11.8 Å². The SMILES string of the molecule is N#CC1C(=N)Oc2n[nH]c(-c3ccccc3)c2C1c1cccnc1. The van der Waals surface area contributed by atoms with Crippen molar-refractivity contribution in [3.8, 4) is 23.2 Å².